The third kappa shape index (κ3) is 6.89. The van der Waals surface area contributed by atoms with E-state index >= 15 is 0 Å². The number of rotatable bonds is 8. The maximum absolute atomic E-state index is 4.32. The molecular formula is C27H41N5. The van der Waals surface area contributed by atoms with Gasteiger partial charge in [-0.1, -0.05) is 24.3 Å². The monoisotopic (exact) mass is 435 g/mol. The minimum atomic E-state index is 0.524. The third-order valence-electron chi connectivity index (χ3n) is 6.49. The highest BCUT2D eigenvalue weighted by molar-refractivity contribution is 5.57. The van der Waals surface area contributed by atoms with Crippen molar-refractivity contribution in [2.24, 2.45) is 0 Å². The first-order valence-electron chi connectivity index (χ1n) is 12.0. The smallest absolute Gasteiger partial charge is 0.0435 e. The number of likely N-dealkylation sites (N-methyl/N-ethyl adjacent to an activating group) is 3. The van der Waals surface area contributed by atoms with Gasteiger partial charge >= 0.3 is 0 Å². The number of hydrogen-bond donors (Lipinski definition) is 2. The summed E-state index contributed by atoms with van der Waals surface area (Å²) in [6.45, 7) is 8.80. The molecule has 0 spiro atoms. The molecule has 0 saturated carbocycles. The van der Waals surface area contributed by atoms with Crippen molar-refractivity contribution in [1.82, 2.24) is 20.5 Å². The van der Waals surface area contributed by atoms with Crippen molar-refractivity contribution >= 4 is 5.69 Å². The molecule has 1 atom stereocenters. The molecule has 2 heterocycles. The van der Waals surface area contributed by atoms with Gasteiger partial charge in [-0.25, -0.2) is 0 Å². The normalized spacial score (nSPS) is 17.1. The molecular weight excluding hydrogens is 394 g/mol. The predicted molar refractivity (Wildman–Crippen MR) is 137 cm³/mol. The summed E-state index contributed by atoms with van der Waals surface area (Å²) in [4.78, 5) is 9.00. The van der Waals surface area contributed by atoms with Gasteiger partial charge in [-0.05, 0) is 75.0 Å². The fourth-order valence-corrected chi connectivity index (χ4v) is 4.63. The second kappa shape index (κ2) is 12.7. The van der Waals surface area contributed by atoms with Crippen molar-refractivity contribution in [1.29, 1.82) is 0 Å². The zero-order valence-corrected chi connectivity index (χ0v) is 20.2. The number of fused-ring (bicyclic) bond motifs is 2. The van der Waals surface area contributed by atoms with Crippen LogP contribution in [0.15, 0.2) is 49.2 Å². The first kappa shape index (κ1) is 24.4. The zero-order valence-electron chi connectivity index (χ0n) is 20.2. The average molecular weight is 436 g/mol. The summed E-state index contributed by atoms with van der Waals surface area (Å²) in [7, 11) is 6.36. The van der Waals surface area contributed by atoms with Crippen LogP contribution in [0, 0.1) is 0 Å². The van der Waals surface area contributed by atoms with Crippen LogP contribution in [0.25, 0.3) is 0 Å². The second-order valence-electron chi connectivity index (χ2n) is 9.04. The van der Waals surface area contributed by atoms with Gasteiger partial charge in [0.1, 0.15) is 0 Å². The number of hydrogen-bond acceptors (Lipinski definition) is 5. The molecule has 1 unspecified atom stereocenters. The molecule has 4 rings (SSSR count). The van der Waals surface area contributed by atoms with Crippen molar-refractivity contribution in [3.05, 3.63) is 71.6 Å². The number of pyridine rings is 1. The van der Waals surface area contributed by atoms with Gasteiger partial charge in [0, 0.05) is 63.4 Å². The van der Waals surface area contributed by atoms with Crippen LogP contribution in [0.1, 0.15) is 35.2 Å². The summed E-state index contributed by atoms with van der Waals surface area (Å²) < 4.78 is 0. The number of nitrogens with zero attached hydrogens (tertiary/aromatic N) is 3. The highest BCUT2D eigenvalue weighted by Crippen LogP contribution is 2.27. The van der Waals surface area contributed by atoms with Crippen LogP contribution >= 0.6 is 0 Å². The maximum atomic E-state index is 4.32. The maximum Gasteiger partial charge on any atom is 0.0435 e. The first-order chi connectivity index (χ1) is 15.6. The summed E-state index contributed by atoms with van der Waals surface area (Å²) in [6.07, 6.45) is 10.0. The minimum absolute atomic E-state index is 0.524. The largest absolute Gasteiger partial charge is 0.373 e. The SMILES string of the molecule is C=CCN(C)CCN(C)c1cccc2c1CC(CNC)NC2.c1cnc2c(c1)CCCC2. The van der Waals surface area contributed by atoms with Gasteiger partial charge < -0.3 is 20.4 Å². The molecule has 1 aliphatic carbocycles. The van der Waals surface area contributed by atoms with E-state index in [-0.39, 0.29) is 0 Å². The lowest BCUT2D eigenvalue weighted by Gasteiger charge is -2.31. The molecule has 0 fully saturated rings. The van der Waals surface area contributed by atoms with Crippen molar-refractivity contribution in [2.75, 3.05) is 52.2 Å². The van der Waals surface area contributed by atoms with Gasteiger partial charge in [0.25, 0.3) is 0 Å². The van der Waals surface area contributed by atoms with E-state index in [2.05, 4.69) is 70.4 Å². The van der Waals surface area contributed by atoms with Crippen molar-refractivity contribution in [2.45, 2.75) is 44.7 Å². The molecule has 0 radical (unpaired) electrons. The standard InChI is InChI=1S/C18H30N4.C9H11N/c1-5-9-21(3)10-11-22(4)18-8-6-7-15-13-20-16(14-19-2)12-17(15)18;1-2-6-9-8(4-1)5-3-7-10-9/h5-8,16,19-20H,1,9-14H2,2-4H3;3,5,7H,1-2,4,6H2. The van der Waals surface area contributed by atoms with Crippen molar-refractivity contribution in [3.63, 3.8) is 0 Å². The van der Waals surface area contributed by atoms with Crippen LogP contribution in [0.3, 0.4) is 0 Å². The number of aromatic nitrogens is 1. The molecule has 1 aromatic carbocycles. The van der Waals surface area contributed by atoms with Gasteiger partial charge in [-0.2, -0.15) is 0 Å². The molecule has 2 aromatic rings. The lowest BCUT2D eigenvalue weighted by Crippen LogP contribution is -2.42. The van der Waals surface area contributed by atoms with Gasteiger partial charge in [-0.3, -0.25) is 4.98 Å². The van der Waals surface area contributed by atoms with Crippen LogP contribution in [0.5, 0.6) is 0 Å². The first-order valence-corrected chi connectivity index (χ1v) is 12.0. The fraction of sp³-hybridized carbons (Fsp3) is 0.519. The molecule has 2 aliphatic rings. The van der Waals surface area contributed by atoms with Crippen LogP contribution in [-0.4, -0.2) is 63.2 Å². The Kier molecular flexibility index (Phi) is 9.72. The van der Waals surface area contributed by atoms with Crippen molar-refractivity contribution in [3.8, 4) is 0 Å². The molecule has 32 heavy (non-hydrogen) atoms. The molecule has 0 bridgehead atoms. The number of nitrogens with one attached hydrogen (secondary N) is 2. The minimum Gasteiger partial charge on any atom is -0.373 e. The Morgan fingerprint density at radius 2 is 1.94 bits per heavy atom. The van der Waals surface area contributed by atoms with Gasteiger partial charge in [0.15, 0.2) is 0 Å². The summed E-state index contributed by atoms with van der Waals surface area (Å²) >= 11 is 0. The zero-order chi connectivity index (χ0) is 22.8. The Morgan fingerprint density at radius 3 is 2.72 bits per heavy atom. The molecule has 2 N–H and O–H groups in total. The number of anilines is 1. The van der Waals surface area contributed by atoms with E-state index in [4.69, 9.17) is 0 Å². The number of aryl methyl sites for hydroxylation is 2. The Hall–Kier alpha value is -2.21. The molecule has 0 saturated heterocycles. The predicted octanol–water partition coefficient (Wildman–Crippen LogP) is 3.43. The second-order valence-corrected chi connectivity index (χ2v) is 9.04. The molecule has 174 valence electrons. The lowest BCUT2D eigenvalue weighted by atomic mass is 9.93. The fourth-order valence-electron chi connectivity index (χ4n) is 4.63. The molecule has 5 heteroatoms. The van der Waals surface area contributed by atoms with E-state index in [9.17, 15) is 0 Å². The summed E-state index contributed by atoms with van der Waals surface area (Å²) in [5.74, 6) is 0. The van der Waals surface area contributed by atoms with Crippen LogP contribution in [-0.2, 0) is 25.8 Å². The van der Waals surface area contributed by atoms with Gasteiger partial charge in [-0.15, -0.1) is 6.58 Å². The van der Waals surface area contributed by atoms with E-state index < -0.39 is 0 Å². The van der Waals surface area contributed by atoms with Crippen molar-refractivity contribution < 1.29 is 0 Å². The highest BCUT2D eigenvalue weighted by atomic mass is 15.2. The third-order valence-corrected chi connectivity index (χ3v) is 6.49. The van der Waals surface area contributed by atoms with Crippen LogP contribution in [0.4, 0.5) is 5.69 Å². The van der Waals surface area contributed by atoms with Crippen LogP contribution in [0.2, 0.25) is 0 Å². The Bertz CT molecular complexity index is 825. The summed E-state index contributed by atoms with van der Waals surface area (Å²) in [5.41, 5.74) is 7.13. The molecule has 1 aromatic heterocycles. The summed E-state index contributed by atoms with van der Waals surface area (Å²) in [6, 6.07) is 11.4. The highest BCUT2D eigenvalue weighted by Gasteiger charge is 2.21. The number of benzene rings is 1. The van der Waals surface area contributed by atoms with E-state index in [0.717, 1.165) is 39.1 Å². The van der Waals surface area contributed by atoms with E-state index in [1.165, 1.54) is 53.8 Å². The Morgan fingerprint density at radius 1 is 1.12 bits per heavy atom. The van der Waals surface area contributed by atoms with E-state index in [0.29, 0.717) is 6.04 Å². The van der Waals surface area contributed by atoms with E-state index in [1.54, 1.807) is 0 Å². The Labute approximate surface area is 194 Å². The average Bonchev–Trinajstić information content (AvgIpc) is 2.83. The lowest BCUT2D eigenvalue weighted by molar-refractivity contribution is 0.378. The quantitative estimate of drug-likeness (QED) is 0.622. The van der Waals surface area contributed by atoms with Gasteiger partial charge in [0.05, 0.1) is 0 Å². The van der Waals surface area contributed by atoms with Gasteiger partial charge in [0.2, 0.25) is 0 Å². The topological polar surface area (TPSA) is 43.4 Å². The van der Waals surface area contributed by atoms with E-state index in [1.807, 2.05) is 25.4 Å². The molecule has 1 aliphatic heterocycles. The molecule has 5 nitrogen and oxygen atoms in total. The Balaban J connectivity index is 0.000000238. The summed E-state index contributed by atoms with van der Waals surface area (Å²) in [5, 5.41) is 6.89. The molecule has 0 amide bonds. The van der Waals surface area contributed by atoms with Crippen LogP contribution < -0.4 is 15.5 Å².